The number of carboxylic acids is 1. The van der Waals surface area contributed by atoms with Gasteiger partial charge in [-0.15, -0.1) is 22.0 Å². The Bertz CT molecular complexity index is 1210. The van der Waals surface area contributed by atoms with Crippen molar-refractivity contribution in [3.63, 3.8) is 0 Å². The van der Waals surface area contributed by atoms with Crippen LogP contribution in [0.1, 0.15) is 17.8 Å². The zero-order valence-corrected chi connectivity index (χ0v) is 21.3. The summed E-state index contributed by atoms with van der Waals surface area (Å²) in [6.07, 6.45) is 0. The second kappa shape index (κ2) is 10.9. The van der Waals surface area contributed by atoms with E-state index in [0.29, 0.717) is 26.4 Å². The predicted octanol–water partition coefficient (Wildman–Crippen LogP) is -0.298. The third-order valence-corrected chi connectivity index (χ3v) is 8.73. The van der Waals surface area contributed by atoms with Gasteiger partial charge in [-0.05, 0) is 12.5 Å². The summed E-state index contributed by atoms with van der Waals surface area (Å²) < 4.78 is 4.63. The number of oxime groups is 1. The molecule has 2 aliphatic rings. The quantitative estimate of drug-likeness (QED) is 0.128. The van der Waals surface area contributed by atoms with Gasteiger partial charge in [-0.2, -0.15) is 9.36 Å². The summed E-state index contributed by atoms with van der Waals surface area (Å²) in [4.78, 5) is 48.0. The van der Waals surface area contributed by atoms with Crippen molar-refractivity contribution in [1.29, 1.82) is 0 Å². The molecule has 0 bridgehead atoms. The Hall–Kier alpha value is -2.80. The summed E-state index contributed by atoms with van der Waals surface area (Å²) in [5.41, 5.74) is 11.4. The lowest BCUT2D eigenvalue weighted by molar-refractivity contribution is -0.150. The first-order chi connectivity index (χ1) is 16.8. The van der Waals surface area contributed by atoms with Gasteiger partial charge in [0.05, 0.1) is 0 Å². The van der Waals surface area contributed by atoms with E-state index < -0.39 is 29.2 Å². The first kappa shape index (κ1) is 25.3. The number of carboxylic acid groups (broad SMARTS) is 1. The Morgan fingerprint density at radius 2 is 2.20 bits per heavy atom. The van der Waals surface area contributed by atoms with Gasteiger partial charge >= 0.3 is 5.97 Å². The van der Waals surface area contributed by atoms with Crippen molar-refractivity contribution in [1.82, 2.24) is 29.8 Å². The number of nitrogens with two attached hydrogens (primary N) is 2. The molecule has 18 heteroatoms. The monoisotopic (exact) mass is 557 g/mol. The molecule has 1 fully saturated rings. The molecule has 14 nitrogen and oxygen atoms in total. The van der Waals surface area contributed by atoms with E-state index in [0.717, 1.165) is 11.5 Å². The van der Waals surface area contributed by atoms with Gasteiger partial charge in [0, 0.05) is 29.6 Å². The SMILES string of the molecule is CCON=C(C(=O)NC1C(=O)N2C(C(=O)O)=C(CSc3nnc(CN)s3)CS[C@H]12)c1nsc(N)n1. The average molecular weight is 558 g/mol. The topological polar surface area (TPSA) is 212 Å². The van der Waals surface area contributed by atoms with Crippen LogP contribution in [0.2, 0.25) is 0 Å². The lowest BCUT2D eigenvalue weighted by Crippen LogP contribution is -2.71. The molecule has 35 heavy (non-hydrogen) atoms. The molecule has 0 saturated carbocycles. The molecular weight excluding hydrogens is 539 g/mol. The fraction of sp³-hybridized carbons (Fsp3) is 0.412. The van der Waals surface area contributed by atoms with Gasteiger partial charge in [0.1, 0.15) is 28.7 Å². The van der Waals surface area contributed by atoms with Gasteiger partial charge < -0.3 is 26.7 Å². The highest BCUT2D eigenvalue weighted by atomic mass is 32.2. The Morgan fingerprint density at radius 1 is 1.40 bits per heavy atom. The highest BCUT2D eigenvalue weighted by Gasteiger charge is 2.54. The Labute approximate surface area is 214 Å². The minimum atomic E-state index is -1.22. The number of nitrogens with zero attached hydrogens (tertiary/aromatic N) is 6. The molecule has 2 amide bonds. The van der Waals surface area contributed by atoms with Crippen LogP contribution in [0.3, 0.4) is 0 Å². The van der Waals surface area contributed by atoms with Crippen molar-refractivity contribution in [2.45, 2.75) is 29.2 Å². The van der Waals surface area contributed by atoms with Gasteiger partial charge in [-0.1, -0.05) is 28.3 Å². The minimum absolute atomic E-state index is 0.0294. The van der Waals surface area contributed by atoms with Gasteiger partial charge in [-0.3, -0.25) is 14.5 Å². The second-order valence-corrected chi connectivity index (χ2v) is 11.1. The molecule has 6 N–H and O–H groups in total. The summed E-state index contributed by atoms with van der Waals surface area (Å²) >= 11 is 4.90. The number of carbonyl (C=O) groups is 3. The Balaban J connectivity index is 1.48. The smallest absolute Gasteiger partial charge is 0.352 e. The van der Waals surface area contributed by atoms with E-state index in [1.54, 1.807) is 6.92 Å². The molecule has 2 atom stereocenters. The van der Waals surface area contributed by atoms with Crippen molar-refractivity contribution in [2.24, 2.45) is 10.9 Å². The Kier molecular flexibility index (Phi) is 7.85. The molecule has 0 radical (unpaired) electrons. The first-order valence-electron chi connectivity index (χ1n) is 9.99. The van der Waals surface area contributed by atoms with Crippen molar-refractivity contribution in [3.05, 3.63) is 22.1 Å². The number of hydrogen-bond acceptors (Lipinski definition) is 15. The zero-order valence-electron chi connectivity index (χ0n) is 18.0. The average Bonchev–Trinajstić information content (AvgIpc) is 3.49. The number of aromatic nitrogens is 4. The summed E-state index contributed by atoms with van der Waals surface area (Å²) in [5.74, 6) is -1.84. The van der Waals surface area contributed by atoms with Gasteiger partial charge in [0.2, 0.25) is 11.5 Å². The number of rotatable bonds is 10. The van der Waals surface area contributed by atoms with Crippen molar-refractivity contribution < 1.29 is 24.3 Å². The molecule has 0 aromatic carbocycles. The van der Waals surface area contributed by atoms with Crippen LogP contribution in [0.25, 0.3) is 0 Å². The molecule has 1 saturated heterocycles. The highest BCUT2D eigenvalue weighted by Crippen LogP contribution is 2.41. The molecule has 2 aromatic rings. The number of nitrogens with one attached hydrogen (secondary N) is 1. The van der Waals surface area contributed by atoms with Crippen LogP contribution >= 0.6 is 46.4 Å². The van der Waals surface area contributed by atoms with Crippen LogP contribution in [-0.2, 0) is 25.8 Å². The number of thioether (sulfide) groups is 2. The maximum atomic E-state index is 12.9. The van der Waals surface area contributed by atoms with E-state index in [9.17, 15) is 19.5 Å². The van der Waals surface area contributed by atoms with E-state index in [1.807, 2.05) is 0 Å². The van der Waals surface area contributed by atoms with E-state index in [1.165, 1.54) is 39.8 Å². The summed E-state index contributed by atoms with van der Waals surface area (Å²) in [5, 5.41) is 24.4. The largest absolute Gasteiger partial charge is 0.477 e. The number of β-lactam (4-membered cyclic amide) rings is 1. The van der Waals surface area contributed by atoms with E-state index in [-0.39, 0.29) is 35.5 Å². The van der Waals surface area contributed by atoms with Crippen LogP contribution < -0.4 is 16.8 Å². The zero-order chi connectivity index (χ0) is 25.1. The van der Waals surface area contributed by atoms with Crippen molar-refractivity contribution in [3.8, 4) is 0 Å². The number of aliphatic carboxylic acids is 1. The number of fused-ring (bicyclic) bond motifs is 1. The standard InChI is InChI=1S/C17H19N9O5S4/c1-2-31-24-8(11-21-16(19)35-25-11)12(27)20-9-13(28)26-10(15(29)30)6(4-32-14(9)26)5-33-17-23-22-7(3-18)34-17/h9,14H,2-5,18H2,1H3,(H,20,27)(H,29,30)(H2,19,21,25)/t9?,14-/m1/s1. The highest BCUT2D eigenvalue weighted by molar-refractivity contribution is 8.01. The number of carbonyl (C=O) groups excluding carboxylic acids is 2. The summed E-state index contributed by atoms with van der Waals surface area (Å²) in [7, 11) is 0. The van der Waals surface area contributed by atoms with Gasteiger partial charge in [0.25, 0.3) is 11.8 Å². The number of anilines is 1. The molecule has 2 aromatic heterocycles. The van der Waals surface area contributed by atoms with Crippen LogP contribution in [-0.4, -0.2) is 82.6 Å². The molecule has 1 unspecified atom stereocenters. The maximum absolute atomic E-state index is 12.9. The predicted molar refractivity (Wildman–Crippen MR) is 131 cm³/mol. The normalized spacial score (nSPS) is 19.9. The van der Waals surface area contributed by atoms with Crippen LogP contribution in [0.15, 0.2) is 20.8 Å². The van der Waals surface area contributed by atoms with E-state index in [2.05, 4.69) is 30.0 Å². The number of amides is 2. The van der Waals surface area contributed by atoms with E-state index in [4.69, 9.17) is 16.3 Å². The lowest BCUT2D eigenvalue weighted by Gasteiger charge is -2.49. The molecular formula is C17H19N9O5S4. The third-order valence-electron chi connectivity index (χ3n) is 4.68. The van der Waals surface area contributed by atoms with Gasteiger partial charge in [0.15, 0.2) is 9.47 Å². The molecule has 4 heterocycles. The third kappa shape index (κ3) is 5.25. The molecule has 4 rings (SSSR count). The summed E-state index contributed by atoms with van der Waals surface area (Å²) in [6.45, 7) is 2.16. The maximum Gasteiger partial charge on any atom is 0.352 e. The van der Waals surface area contributed by atoms with Gasteiger partial charge in [-0.25, -0.2) is 4.79 Å². The van der Waals surface area contributed by atoms with Crippen LogP contribution in [0, 0.1) is 0 Å². The fourth-order valence-corrected chi connectivity index (χ4v) is 6.87. The molecule has 186 valence electrons. The first-order valence-corrected chi connectivity index (χ1v) is 13.6. The van der Waals surface area contributed by atoms with Crippen LogP contribution in [0.5, 0.6) is 0 Å². The number of hydrogen-bond donors (Lipinski definition) is 4. The lowest BCUT2D eigenvalue weighted by atomic mass is 10.0. The summed E-state index contributed by atoms with van der Waals surface area (Å²) in [6, 6.07) is -0.950. The van der Waals surface area contributed by atoms with E-state index >= 15 is 0 Å². The van der Waals surface area contributed by atoms with Crippen LogP contribution in [0.4, 0.5) is 5.13 Å². The fourth-order valence-electron chi connectivity index (χ4n) is 3.18. The molecule has 2 aliphatic heterocycles. The number of nitrogen functional groups attached to an aromatic ring is 1. The van der Waals surface area contributed by atoms with Crippen molar-refractivity contribution >= 4 is 75.0 Å². The second-order valence-electron chi connectivity index (χ2n) is 6.89. The van der Waals surface area contributed by atoms with Crippen molar-refractivity contribution in [2.75, 3.05) is 23.8 Å². The Morgan fingerprint density at radius 3 is 2.83 bits per heavy atom. The minimum Gasteiger partial charge on any atom is -0.477 e. The molecule has 0 aliphatic carbocycles. The molecule has 0 spiro atoms.